The zero-order valence-corrected chi connectivity index (χ0v) is 15.3. The fourth-order valence-corrected chi connectivity index (χ4v) is 3.84. The third kappa shape index (κ3) is 4.46. The van der Waals surface area contributed by atoms with Gasteiger partial charge in [0.1, 0.15) is 4.88 Å². The number of nitrogens with one attached hydrogen (secondary N) is 1. The highest BCUT2D eigenvalue weighted by Gasteiger charge is 2.18. The van der Waals surface area contributed by atoms with Crippen molar-refractivity contribution in [2.75, 3.05) is 5.32 Å². The van der Waals surface area contributed by atoms with E-state index >= 15 is 0 Å². The maximum absolute atomic E-state index is 12.1. The highest BCUT2D eigenvalue weighted by molar-refractivity contribution is 7.18. The summed E-state index contributed by atoms with van der Waals surface area (Å²) in [5.74, 6) is -1.65. The standard InChI is InChI=1S/C18H12N2O5S2/c21-16(7-6-13-5-2-8-26-13)19-14-10-15(27-17(14)18(22)23)11-3-1-4-12(9-11)20(24)25/h1-10H,(H,19,21)(H,22,23). The number of amides is 1. The van der Waals surface area contributed by atoms with Gasteiger partial charge in [-0.3, -0.25) is 14.9 Å². The van der Waals surface area contributed by atoms with Gasteiger partial charge in [-0.05, 0) is 29.2 Å². The molecule has 1 amide bonds. The summed E-state index contributed by atoms with van der Waals surface area (Å²) in [5.41, 5.74) is 0.559. The van der Waals surface area contributed by atoms with Gasteiger partial charge in [0.25, 0.3) is 5.69 Å². The van der Waals surface area contributed by atoms with E-state index in [-0.39, 0.29) is 16.3 Å². The second-order valence-electron chi connectivity index (χ2n) is 5.30. The number of carboxylic acids is 1. The number of carboxylic acid groups (broad SMARTS) is 1. The SMILES string of the molecule is O=C(C=Cc1cccs1)Nc1cc(-c2cccc([N+](=O)[O-])c2)sc1C(=O)O. The normalized spacial score (nSPS) is 10.8. The highest BCUT2D eigenvalue weighted by atomic mass is 32.1. The Morgan fingerprint density at radius 2 is 2.00 bits per heavy atom. The van der Waals surface area contributed by atoms with E-state index in [0.29, 0.717) is 10.4 Å². The number of benzene rings is 1. The van der Waals surface area contributed by atoms with Crippen LogP contribution in [0.2, 0.25) is 0 Å². The second kappa shape index (κ2) is 7.94. The molecule has 0 atom stereocenters. The number of nitro benzene ring substituents is 1. The van der Waals surface area contributed by atoms with Gasteiger partial charge in [-0.2, -0.15) is 0 Å². The Labute approximate surface area is 161 Å². The Kier molecular flexibility index (Phi) is 5.43. The minimum absolute atomic E-state index is 0.0469. The Morgan fingerprint density at radius 1 is 1.19 bits per heavy atom. The monoisotopic (exact) mass is 400 g/mol. The molecule has 7 nitrogen and oxygen atoms in total. The number of anilines is 1. The third-order valence-electron chi connectivity index (χ3n) is 3.47. The molecule has 136 valence electrons. The van der Waals surface area contributed by atoms with Crippen LogP contribution >= 0.6 is 22.7 Å². The molecule has 0 aliphatic rings. The van der Waals surface area contributed by atoms with Crippen LogP contribution in [0.4, 0.5) is 11.4 Å². The van der Waals surface area contributed by atoms with E-state index < -0.39 is 16.8 Å². The number of carbonyl (C=O) groups excluding carboxylic acids is 1. The van der Waals surface area contributed by atoms with Gasteiger partial charge in [0.15, 0.2) is 0 Å². The van der Waals surface area contributed by atoms with Gasteiger partial charge in [0.05, 0.1) is 10.6 Å². The van der Waals surface area contributed by atoms with Crippen LogP contribution in [0, 0.1) is 10.1 Å². The van der Waals surface area contributed by atoms with Crippen molar-refractivity contribution < 1.29 is 19.6 Å². The Bertz CT molecular complexity index is 1040. The van der Waals surface area contributed by atoms with Gasteiger partial charge in [0.2, 0.25) is 5.91 Å². The molecule has 1 aromatic carbocycles. The molecule has 0 unspecified atom stereocenters. The van der Waals surface area contributed by atoms with Crippen molar-refractivity contribution in [3.8, 4) is 10.4 Å². The van der Waals surface area contributed by atoms with E-state index in [0.717, 1.165) is 16.2 Å². The van der Waals surface area contributed by atoms with Gasteiger partial charge < -0.3 is 10.4 Å². The van der Waals surface area contributed by atoms with Gasteiger partial charge in [-0.15, -0.1) is 22.7 Å². The third-order valence-corrected chi connectivity index (χ3v) is 5.48. The highest BCUT2D eigenvalue weighted by Crippen LogP contribution is 2.36. The number of rotatable bonds is 6. The molecule has 2 aromatic heterocycles. The summed E-state index contributed by atoms with van der Waals surface area (Å²) in [6, 6.07) is 11.1. The number of hydrogen-bond donors (Lipinski definition) is 2. The van der Waals surface area contributed by atoms with Crippen LogP contribution in [0.5, 0.6) is 0 Å². The number of hydrogen-bond acceptors (Lipinski definition) is 6. The van der Waals surface area contributed by atoms with E-state index in [2.05, 4.69) is 5.32 Å². The number of thiophene rings is 2. The number of non-ortho nitro benzene ring substituents is 1. The van der Waals surface area contributed by atoms with Gasteiger partial charge in [0, 0.05) is 28.0 Å². The van der Waals surface area contributed by atoms with Crippen LogP contribution in [0.1, 0.15) is 14.5 Å². The van der Waals surface area contributed by atoms with E-state index in [9.17, 15) is 24.8 Å². The zero-order valence-electron chi connectivity index (χ0n) is 13.6. The van der Waals surface area contributed by atoms with Crippen molar-refractivity contribution in [1.82, 2.24) is 0 Å². The number of nitro groups is 1. The molecular weight excluding hydrogens is 388 g/mol. The lowest BCUT2D eigenvalue weighted by Gasteiger charge is -2.00. The molecule has 0 saturated heterocycles. The van der Waals surface area contributed by atoms with Crippen molar-refractivity contribution in [2.45, 2.75) is 0 Å². The molecule has 0 aliphatic carbocycles. The van der Waals surface area contributed by atoms with Gasteiger partial charge in [-0.25, -0.2) is 4.79 Å². The fraction of sp³-hybridized carbons (Fsp3) is 0. The first kappa shape index (κ1) is 18.5. The number of carbonyl (C=O) groups is 2. The average Bonchev–Trinajstić information content (AvgIpc) is 3.30. The van der Waals surface area contributed by atoms with Gasteiger partial charge in [-0.1, -0.05) is 18.2 Å². The van der Waals surface area contributed by atoms with E-state index in [1.807, 2.05) is 17.5 Å². The summed E-state index contributed by atoms with van der Waals surface area (Å²) in [7, 11) is 0. The first-order valence-electron chi connectivity index (χ1n) is 7.58. The predicted octanol–water partition coefficient (Wildman–Crippen LogP) is 4.73. The van der Waals surface area contributed by atoms with E-state index in [4.69, 9.17) is 0 Å². The number of nitrogens with zero attached hydrogens (tertiary/aromatic N) is 1. The van der Waals surface area contributed by atoms with Crippen molar-refractivity contribution in [2.24, 2.45) is 0 Å². The maximum Gasteiger partial charge on any atom is 0.348 e. The average molecular weight is 400 g/mol. The second-order valence-corrected chi connectivity index (χ2v) is 7.34. The van der Waals surface area contributed by atoms with Crippen molar-refractivity contribution in [1.29, 1.82) is 0 Å². The fourth-order valence-electron chi connectivity index (χ4n) is 2.28. The van der Waals surface area contributed by atoms with Crippen LogP contribution in [0.15, 0.2) is 53.9 Å². The first-order chi connectivity index (χ1) is 12.9. The quantitative estimate of drug-likeness (QED) is 0.353. The molecule has 0 aliphatic heterocycles. The van der Waals surface area contributed by atoms with Crippen LogP contribution < -0.4 is 5.32 Å². The summed E-state index contributed by atoms with van der Waals surface area (Å²) in [4.78, 5) is 35.4. The summed E-state index contributed by atoms with van der Waals surface area (Å²) in [6.45, 7) is 0. The summed E-state index contributed by atoms with van der Waals surface area (Å²) in [5, 5.41) is 24.8. The smallest absolute Gasteiger partial charge is 0.348 e. The topological polar surface area (TPSA) is 110 Å². The lowest BCUT2D eigenvalue weighted by Crippen LogP contribution is -2.09. The summed E-state index contributed by atoms with van der Waals surface area (Å²) < 4.78 is 0. The minimum Gasteiger partial charge on any atom is -0.477 e. The Hall–Kier alpha value is -3.30. The largest absolute Gasteiger partial charge is 0.477 e. The van der Waals surface area contributed by atoms with Crippen molar-refractivity contribution in [3.63, 3.8) is 0 Å². The Morgan fingerprint density at radius 3 is 2.67 bits per heavy atom. The molecule has 0 radical (unpaired) electrons. The van der Waals surface area contributed by atoms with Crippen molar-refractivity contribution in [3.05, 3.63) is 73.8 Å². The zero-order chi connectivity index (χ0) is 19.4. The van der Waals surface area contributed by atoms with Crippen LogP contribution in [-0.2, 0) is 4.79 Å². The minimum atomic E-state index is -1.19. The molecule has 27 heavy (non-hydrogen) atoms. The molecular formula is C18H12N2O5S2. The summed E-state index contributed by atoms with van der Waals surface area (Å²) in [6.07, 6.45) is 2.95. The molecule has 0 spiro atoms. The van der Waals surface area contributed by atoms with Crippen LogP contribution in [0.25, 0.3) is 16.5 Å². The maximum atomic E-state index is 12.1. The van der Waals surface area contributed by atoms with Crippen LogP contribution in [-0.4, -0.2) is 21.9 Å². The van der Waals surface area contributed by atoms with Crippen molar-refractivity contribution >= 4 is 52.0 Å². The molecule has 0 fully saturated rings. The first-order valence-corrected chi connectivity index (χ1v) is 9.28. The van der Waals surface area contributed by atoms with E-state index in [1.165, 1.54) is 41.7 Å². The van der Waals surface area contributed by atoms with E-state index in [1.54, 1.807) is 12.1 Å². The molecule has 3 aromatic rings. The number of aromatic carboxylic acids is 1. The van der Waals surface area contributed by atoms with Gasteiger partial charge >= 0.3 is 5.97 Å². The van der Waals surface area contributed by atoms with Crippen LogP contribution in [0.3, 0.4) is 0 Å². The molecule has 3 rings (SSSR count). The molecule has 0 saturated carbocycles. The molecule has 2 heterocycles. The predicted molar refractivity (Wildman–Crippen MR) is 105 cm³/mol. The summed E-state index contributed by atoms with van der Waals surface area (Å²) >= 11 is 2.41. The Balaban J connectivity index is 1.87. The molecule has 0 bridgehead atoms. The molecule has 9 heteroatoms. The lowest BCUT2D eigenvalue weighted by atomic mass is 10.1. The molecule has 2 N–H and O–H groups in total. The lowest BCUT2D eigenvalue weighted by molar-refractivity contribution is -0.384.